The number of nitrogens with one attached hydrogen (secondary N) is 2. The van der Waals surface area contributed by atoms with Gasteiger partial charge >= 0.3 is 0 Å². The largest absolute Gasteiger partial charge is 0.367 e. The highest BCUT2D eigenvalue weighted by Crippen LogP contribution is 2.31. The van der Waals surface area contributed by atoms with Gasteiger partial charge in [-0.15, -0.1) is 11.8 Å². The molecule has 4 N–H and O–H groups in total. The Morgan fingerprint density at radius 3 is 2.59 bits per heavy atom. The van der Waals surface area contributed by atoms with E-state index in [1.54, 1.807) is 22.8 Å². The van der Waals surface area contributed by atoms with Crippen LogP contribution in [0.2, 0.25) is 0 Å². The molecule has 0 bridgehead atoms. The van der Waals surface area contributed by atoms with Crippen molar-refractivity contribution in [2.24, 2.45) is 5.73 Å². The van der Waals surface area contributed by atoms with Crippen LogP contribution in [0, 0.1) is 0 Å². The summed E-state index contributed by atoms with van der Waals surface area (Å²) in [6.07, 6.45) is 7.64. The number of benzene rings is 1. The van der Waals surface area contributed by atoms with Crippen molar-refractivity contribution in [1.82, 2.24) is 18.9 Å². The van der Waals surface area contributed by atoms with Crippen LogP contribution in [0.5, 0.6) is 0 Å². The molecule has 1 aliphatic carbocycles. The van der Waals surface area contributed by atoms with Gasteiger partial charge in [0.05, 0.1) is 11.1 Å². The van der Waals surface area contributed by atoms with Crippen LogP contribution in [-0.4, -0.2) is 59.8 Å². The number of anilines is 3. The summed E-state index contributed by atoms with van der Waals surface area (Å²) in [6.45, 7) is 0. The van der Waals surface area contributed by atoms with E-state index in [4.69, 9.17) is 5.73 Å². The second kappa shape index (κ2) is 9.26. The van der Waals surface area contributed by atoms with E-state index >= 15 is 0 Å². The van der Waals surface area contributed by atoms with Crippen molar-refractivity contribution in [3.63, 3.8) is 0 Å². The fraction of sp³-hybridized carbons (Fsp3) is 0.429. The van der Waals surface area contributed by atoms with E-state index in [0.29, 0.717) is 17.0 Å². The maximum absolute atomic E-state index is 12.6. The second-order valence-electron chi connectivity index (χ2n) is 8.16. The Bertz CT molecular complexity index is 1200. The van der Waals surface area contributed by atoms with E-state index in [0.717, 1.165) is 48.7 Å². The molecule has 0 unspecified atom stereocenters. The van der Waals surface area contributed by atoms with Gasteiger partial charge in [0.25, 0.3) is 0 Å². The zero-order chi connectivity index (χ0) is 22.9. The SMILES string of the molecule is CSc1cc(Nc2cc(N[C@H]3CC[C@H](N)CC3)nc3ccnn23)ccc1S(=O)(=O)N(C)C. The monoisotopic (exact) mass is 475 g/mol. The molecule has 11 heteroatoms. The van der Waals surface area contributed by atoms with Gasteiger partial charge in [-0.05, 0) is 50.1 Å². The van der Waals surface area contributed by atoms with Gasteiger partial charge in [0.15, 0.2) is 5.65 Å². The highest BCUT2D eigenvalue weighted by Gasteiger charge is 2.22. The summed E-state index contributed by atoms with van der Waals surface area (Å²) >= 11 is 1.39. The number of aromatic nitrogens is 3. The molecule has 0 spiro atoms. The lowest BCUT2D eigenvalue weighted by molar-refractivity contribution is 0.410. The fourth-order valence-corrected chi connectivity index (χ4v) is 5.88. The highest BCUT2D eigenvalue weighted by atomic mass is 32.2. The molecule has 0 aliphatic heterocycles. The first-order valence-electron chi connectivity index (χ1n) is 10.5. The summed E-state index contributed by atoms with van der Waals surface area (Å²) in [5.74, 6) is 1.52. The third-order valence-corrected chi connectivity index (χ3v) is 8.46. The Morgan fingerprint density at radius 1 is 1.16 bits per heavy atom. The first kappa shape index (κ1) is 22.8. The minimum absolute atomic E-state index is 0.289. The summed E-state index contributed by atoms with van der Waals surface area (Å²) in [5.41, 5.74) is 7.52. The normalized spacial score (nSPS) is 19.4. The van der Waals surface area contributed by atoms with Gasteiger partial charge < -0.3 is 16.4 Å². The Balaban J connectivity index is 1.63. The fourth-order valence-electron chi connectivity index (χ4n) is 3.85. The molecule has 0 radical (unpaired) electrons. The van der Waals surface area contributed by atoms with Crippen molar-refractivity contribution in [2.75, 3.05) is 31.0 Å². The summed E-state index contributed by atoms with van der Waals surface area (Å²) in [4.78, 5) is 5.64. The lowest BCUT2D eigenvalue weighted by Gasteiger charge is -2.27. The van der Waals surface area contributed by atoms with Gasteiger partial charge in [0.2, 0.25) is 10.0 Å². The lowest BCUT2D eigenvalue weighted by Crippen LogP contribution is -2.33. The van der Waals surface area contributed by atoms with Crippen LogP contribution in [-0.2, 0) is 10.0 Å². The molecule has 2 aromatic heterocycles. The number of thioether (sulfide) groups is 1. The molecule has 1 saturated carbocycles. The van der Waals surface area contributed by atoms with Crippen LogP contribution in [0.4, 0.5) is 17.3 Å². The molecule has 172 valence electrons. The van der Waals surface area contributed by atoms with Crippen molar-refractivity contribution in [3.8, 4) is 0 Å². The maximum atomic E-state index is 12.6. The van der Waals surface area contributed by atoms with E-state index in [9.17, 15) is 8.42 Å². The van der Waals surface area contributed by atoms with Crippen LogP contribution < -0.4 is 16.4 Å². The van der Waals surface area contributed by atoms with Gasteiger partial charge in [-0.2, -0.15) is 9.61 Å². The number of hydrogen-bond donors (Lipinski definition) is 3. The average molecular weight is 476 g/mol. The Hall–Kier alpha value is -2.34. The molecule has 0 atom stereocenters. The van der Waals surface area contributed by atoms with E-state index in [1.165, 1.54) is 30.2 Å². The Morgan fingerprint density at radius 2 is 1.91 bits per heavy atom. The van der Waals surface area contributed by atoms with Crippen LogP contribution in [0.15, 0.2) is 46.3 Å². The molecule has 4 rings (SSSR count). The number of nitrogens with two attached hydrogens (primary N) is 1. The summed E-state index contributed by atoms with van der Waals surface area (Å²) < 4.78 is 28.2. The molecule has 2 heterocycles. The molecule has 1 fully saturated rings. The van der Waals surface area contributed by atoms with Gasteiger partial charge in [-0.1, -0.05) is 0 Å². The van der Waals surface area contributed by atoms with Gasteiger partial charge in [-0.3, -0.25) is 0 Å². The molecule has 0 amide bonds. The predicted molar refractivity (Wildman–Crippen MR) is 129 cm³/mol. The third-order valence-electron chi connectivity index (χ3n) is 5.68. The van der Waals surface area contributed by atoms with Crippen molar-refractivity contribution >= 4 is 44.8 Å². The summed E-state index contributed by atoms with van der Waals surface area (Å²) in [7, 11) is -0.457. The second-order valence-corrected chi connectivity index (χ2v) is 11.1. The molecule has 9 nitrogen and oxygen atoms in total. The maximum Gasteiger partial charge on any atom is 0.243 e. The zero-order valence-electron chi connectivity index (χ0n) is 18.4. The Kier molecular flexibility index (Phi) is 6.61. The quantitative estimate of drug-likeness (QED) is 0.446. The molecule has 32 heavy (non-hydrogen) atoms. The van der Waals surface area contributed by atoms with Crippen molar-refractivity contribution in [3.05, 3.63) is 36.5 Å². The predicted octanol–water partition coefficient (Wildman–Crippen LogP) is 3.13. The zero-order valence-corrected chi connectivity index (χ0v) is 20.1. The van der Waals surface area contributed by atoms with E-state index in [-0.39, 0.29) is 4.90 Å². The summed E-state index contributed by atoms with van der Waals surface area (Å²) in [5, 5.41) is 11.3. The summed E-state index contributed by atoms with van der Waals surface area (Å²) in [6, 6.07) is 9.66. The molecule has 3 aromatic rings. The molecule has 1 aromatic carbocycles. The highest BCUT2D eigenvalue weighted by molar-refractivity contribution is 7.99. The molecule has 0 saturated heterocycles. The number of fused-ring (bicyclic) bond motifs is 1. The number of nitrogens with zero attached hydrogens (tertiary/aromatic N) is 4. The van der Waals surface area contributed by atoms with Crippen molar-refractivity contribution < 1.29 is 8.42 Å². The van der Waals surface area contributed by atoms with Crippen molar-refractivity contribution in [2.45, 2.75) is 47.6 Å². The van der Waals surface area contributed by atoms with Crippen LogP contribution in [0.1, 0.15) is 25.7 Å². The lowest BCUT2D eigenvalue weighted by atomic mass is 9.92. The van der Waals surface area contributed by atoms with Gasteiger partial charge in [-0.25, -0.2) is 17.7 Å². The number of rotatable bonds is 7. The van der Waals surface area contributed by atoms with Gasteiger partial charge in [0, 0.05) is 48.9 Å². The van der Waals surface area contributed by atoms with E-state index in [1.807, 2.05) is 24.5 Å². The van der Waals surface area contributed by atoms with Crippen LogP contribution >= 0.6 is 11.8 Å². The molecular weight excluding hydrogens is 446 g/mol. The average Bonchev–Trinajstić information content (AvgIpc) is 3.24. The smallest absolute Gasteiger partial charge is 0.243 e. The third kappa shape index (κ3) is 4.70. The minimum atomic E-state index is -3.52. The van der Waals surface area contributed by atoms with E-state index in [2.05, 4.69) is 20.7 Å². The van der Waals surface area contributed by atoms with Crippen LogP contribution in [0.3, 0.4) is 0 Å². The van der Waals surface area contributed by atoms with Crippen molar-refractivity contribution in [1.29, 1.82) is 0 Å². The minimum Gasteiger partial charge on any atom is -0.367 e. The van der Waals surface area contributed by atoms with Gasteiger partial charge in [0.1, 0.15) is 11.6 Å². The molecular formula is C21H29N7O2S2. The first-order chi connectivity index (χ1) is 15.3. The Labute approximate surface area is 192 Å². The molecule has 1 aliphatic rings. The standard InChI is InChI=1S/C21H29N7O2S2/c1-27(2)32(29,30)18-9-8-16(12-17(18)31-3)25-21-13-19(26-20-10-11-23-28(20)21)24-15-6-4-14(22)5-7-15/h8-15,25H,4-7,22H2,1-3H3,(H,24,26)/t14-,15-. The van der Waals surface area contributed by atoms with Crippen LogP contribution in [0.25, 0.3) is 5.65 Å². The topological polar surface area (TPSA) is 118 Å². The van der Waals surface area contributed by atoms with E-state index < -0.39 is 10.0 Å². The first-order valence-corrected chi connectivity index (χ1v) is 13.2. The number of hydrogen-bond acceptors (Lipinski definition) is 8. The number of sulfonamides is 1.